The maximum Gasteiger partial charge on any atom is 0.248 e. The Balaban J connectivity index is 2.25. The first kappa shape index (κ1) is 11.9. The molecule has 1 heterocycles. The van der Waals surface area contributed by atoms with Gasteiger partial charge in [-0.05, 0) is 37.3 Å². The standard InChI is InChI=1S/C13H14N4O/c1-8-11(14)5-6-12(16-8)17-10-4-2-3-9(7-10)13(15)18/h2-7H,14H2,1H3,(H2,15,18)(H,16,17). The van der Waals surface area contributed by atoms with Gasteiger partial charge in [-0.25, -0.2) is 4.98 Å². The number of aromatic nitrogens is 1. The summed E-state index contributed by atoms with van der Waals surface area (Å²) in [5.74, 6) is 0.211. The third-order valence-corrected chi connectivity index (χ3v) is 2.55. The lowest BCUT2D eigenvalue weighted by atomic mass is 10.2. The van der Waals surface area contributed by atoms with Gasteiger partial charge in [0.25, 0.3) is 0 Å². The monoisotopic (exact) mass is 242 g/mol. The molecule has 1 aromatic carbocycles. The van der Waals surface area contributed by atoms with Gasteiger partial charge < -0.3 is 16.8 Å². The Bertz CT molecular complexity index is 595. The summed E-state index contributed by atoms with van der Waals surface area (Å²) in [6.07, 6.45) is 0. The predicted octanol–water partition coefficient (Wildman–Crippen LogP) is 1.81. The van der Waals surface area contributed by atoms with Crippen molar-refractivity contribution in [1.82, 2.24) is 4.98 Å². The number of amides is 1. The summed E-state index contributed by atoms with van der Waals surface area (Å²) in [7, 11) is 0. The molecule has 0 saturated heterocycles. The molecule has 0 bridgehead atoms. The van der Waals surface area contributed by atoms with Crippen LogP contribution in [0.15, 0.2) is 36.4 Å². The van der Waals surface area contributed by atoms with Gasteiger partial charge in [-0.3, -0.25) is 4.79 Å². The van der Waals surface area contributed by atoms with Crippen LogP contribution < -0.4 is 16.8 Å². The lowest BCUT2D eigenvalue weighted by Crippen LogP contribution is -2.10. The van der Waals surface area contributed by atoms with Crippen LogP contribution in [0.5, 0.6) is 0 Å². The van der Waals surface area contributed by atoms with E-state index in [1.54, 1.807) is 30.3 Å². The lowest BCUT2D eigenvalue weighted by molar-refractivity contribution is 0.100. The summed E-state index contributed by atoms with van der Waals surface area (Å²) in [6.45, 7) is 1.83. The molecule has 5 N–H and O–H groups in total. The molecule has 0 atom stereocenters. The van der Waals surface area contributed by atoms with Crippen molar-refractivity contribution in [2.45, 2.75) is 6.92 Å². The quantitative estimate of drug-likeness (QED) is 0.765. The first-order chi connectivity index (χ1) is 8.56. The van der Waals surface area contributed by atoms with E-state index in [0.717, 1.165) is 11.4 Å². The zero-order valence-corrected chi connectivity index (χ0v) is 9.97. The van der Waals surface area contributed by atoms with Gasteiger partial charge in [0.2, 0.25) is 5.91 Å². The number of carbonyl (C=O) groups is 1. The zero-order valence-electron chi connectivity index (χ0n) is 9.97. The Kier molecular flexibility index (Phi) is 3.14. The van der Waals surface area contributed by atoms with Gasteiger partial charge in [-0.15, -0.1) is 0 Å². The Hall–Kier alpha value is -2.56. The number of rotatable bonds is 3. The van der Waals surface area contributed by atoms with Crippen molar-refractivity contribution >= 4 is 23.1 Å². The fourth-order valence-corrected chi connectivity index (χ4v) is 1.54. The second-order valence-electron chi connectivity index (χ2n) is 3.94. The van der Waals surface area contributed by atoms with Crippen LogP contribution in [0.3, 0.4) is 0 Å². The third kappa shape index (κ3) is 2.57. The highest BCUT2D eigenvalue weighted by molar-refractivity contribution is 5.93. The van der Waals surface area contributed by atoms with Crippen LogP contribution >= 0.6 is 0 Å². The number of hydrogen-bond donors (Lipinski definition) is 3. The van der Waals surface area contributed by atoms with Crippen molar-refractivity contribution in [2.75, 3.05) is 11.1 Å². The molecule has 0 aliphatic heterocycles. The van der Waals surface area contributed by atoms with Gasteiger partial charge >= 0.3 is 0 Å². The minimum atomic E-state index is -0.458. The summed E-state index contributed by atoms with van der Waals surface area (Å²) < 4.78 is 0. The second-order valence-corrected chi connectivity index (χ2v) is 3.94. The van der Waals surface area contributed by atoms with Crippen molar-refractivity contribution in [2.24, 2.45) is 5.73 Å². The van der Waals surface area contributed by atoms with E-state index in [0.29, 0.717) is 17.1 Å². The molecule has 5 heteroatoms. The van der Waals surface area contributed by atoms with Gasteiger partial charge in [0.05, 0.1) is 11.4 Å². The number of nitrogens with one attached hydrogen (secondary N) is 1. The van der Waals surface area contributed by atoms with Crippen LogP contribution in [0.2, 0.25) is 0 Å². The fourth-order valence-electron chi connectivity index (χ4n) is 1.54. The molecule has 0 aliphatic carbocycles. The SMILES string of the molecule is Cc1nc(Nc2cccc(C(N)=O)c2)ccc1N. The zero-order chi connectivity index (χ0) is 13.1. The van der Waals surface area contributed by atoms with E-state index < -0.39 is 5.91 Å². The average Bonchev–Trinajstić information content (AvgIpc) is 2.34. The largest absolute Gasteiger partial charge is 0.397 e. The summed E-state index contributed by atoms with van der Waals surface area (Å²) in [6, 6.07) is 10.5. The predicted molar refractivity (Wildman–Crippen MR) is 71.6 cm³/mol. The molecule has 18 heavy (non-hydrogen) atoms. The van der Waals surface area contributed by atoms with Gasteiger partial charge in [0.1, 0.15) is 5.82 Å². The van der Waals surface area contributed by atoms with Crippen LogP contribution in [0, 0.1) is 6.92 Å². The van der Waals surface area contributed by atoms with Crippen LogP contribution in [-0.2, 0) is 0 Å². The molecule has 0 unspecified atom stereocenters. The minimum absolute atomic E-state index is 0.451. The number of benzene rings is 1. The van der Waals surface area contributed by atoms with E-state index in [1.165, 1.54) is 0 Å². The number of primary amides is 1. The van der Waals surface area contributed by atoms with E-state index in [2.05, 4.69) is 10.3 Å². The molecule has 1 aromatic heterocycles. The Morgan fingerprint density at radius 2 is 2.06 bits per heavy atom. The summed E-state index contributed by atoms with van der Waals surface area (Å²) >= 11 is 0. The molecule has 2 aromatic rings. The number of hydrogen-bond acceptors (Lipinski definition) is 4. The van der Waals surface area contributed by atoms with Gasteiger partial charge in [0, 0.05) is 11.3 Å². The molecule has 0 spiro atoms. The van der Waals surface area contributed by atoms with Crippen LogP contribution in [0.4, 0.5) is 17.2 Å². The summed E-state index contributed by atoms with van der Waals surface area (Å²) in [4.78, 5) is 15.4. The first-order valence-corrected chi connectivity index (χ1v) is 5.46. The molecule has 5 nitrogen and oxygen atoms in total. The van der Waals surface area contributed by atoms with Crippen LogP contribution in [-0.4, -0.2) is 10.9 Å². The maximum atomic E-state index is 11.1. The van der Waals surface area contributed by atoms with Crippen LogP contribution in [0.25, 0.3) is 0 Å². The Labute approximate surface area is 105 Å². The van der Waals surface area contributed by atoms with Gasteiger partial charge in [-0.1, -0.05) is 6.07 Å². The third-order valence-electron chi connectivity index (χ3n) is 2.55. The Morgan fingerprint density at radius 3 is 2.72 bits per heavy atom. The molecule has 0 saturated carbocycles. The van der Waals surface area contributed by atoms with E-state index in [-0.39, 0.29) is 0 Å². The molecule has 0 radical (unpaired) electrons. The molecular weight excluding hydrogens is 228 g/mol. The summed E-state index contributed by atoms with van der Waals surface area (Å²) in [5, 5.41) is 3.09. The minimum Gasteiger partial charge on any atom is -0.397 e. The highest BCUT2D eigenvalue weighted by Crippen LogP contribution is 2.18. The highest BCUT2D eigenvalue weighted by Gasteiger charge is 2.03. The van der Waals surface area contributed by atoms with E-state index in [9.17, 15) is 4.79 Å². The number of aryl methyl sites for hydroxylation is 1. The van der Waals surface area contributed by atoms with Gasteiger partial charge in [0.15, 0.2) is 0 Å². The van der Waals surface area contributed by atoms with E-state index in [4.69, 9.17) is 11.5 Å². The van der Waals surface area contributed by atoms with E-state index in [1.807, 2.05) is 13.0 Å². The molecule has 2 rings (SSSR count). The topological polar surface area (TPSA) is 94.0 Å². The number of anilines is 3. The average molecular weight is 242 g/mol. The number of pyridine rings is 1. The fraction of sp³-hybridized carbons (Fsp3) is 0.0769. The molecular formula is C13H14N4O. The first-order valence-electron chi connectivity index (χ1n) is 5.46. The number of nitrogen functional groups attached to an aromatic ring is 1. The van der Waals surface area contributed by atoms with Gasteiger partial charge in [-0.2, -0.15) is 0 Å². The normalized spacial score (nSPS) is 10.1. The number of nitrogens with two attached hydrogens (primary N) is 2. The van der Waals surface area contributed by atoms with Crippen molar-refractivity contribution in [3.05, 3.63) is 47.7 Å². The summed E-state index contributed by atoms with van der Waals surface area (Å²) in [5.41, 5.74) is 13.5. The number of carbonyl (C=O) groups excluding carboxylic acids is 1. The van der Waals surface area contributed by atoms with Crippen molar-refractivity contribution in [3.63, 3.8) is 0 Å². The number of nitrogens with zero attached hydrogens (tertiary/aromatic N) is 1. The molecule has 0 fully saturated rings. The van der Waals surface area contributed by atoms with Crippen molar-refractivity contribution in [1.29, 1.82) is 0 Å². The molecule has 0 aliphatic rings. The molecule has 1 amide bonds. The highest BCUT2D eigenvalue weighted by atomic mass is 16.1. The lowest BCUT2D eigenvalue weighted by Gasteiger charge is -2.08. The van der Waals surface area contributed by atoms with Crippen molar-refractivity contribution < 1.29 is 4.79 Å². The molecule has 92 valence electrons. The van der Waals surface area contributed by atoms with Crippen LogP contribution in [0.1, 0.15) is 16.1 Å². The smallest absolute Gasteiger partial charge is 0.248 e. The Morgan fingerprint density at radius 1 is 1.28 bits per heavy atom. The van der Waals surface area contributed by atoms with E-state index >= 15 is 0 Å². The maximum absolute atomic E-state index is 11.1. The second kappa shape index (κ2) is 4.75. The van der Waals surface area contributed by atoms with Crippen molar-refractivity contribution in [3.8, 4) is 0 Å².